The quantitative estimate of drug-likeness (QED) is 0.663. The first-order chi connectivity index (χ1) is 5.33. The van der Waals surface area contributed by atoms with Gasteiger partial charge < -0.3 is 11.1 Å². The van der Waals surface area contributed by atoms with Crippen molar-refractivity contribution in [2.24, 2.45) is 5.73 Å². The fourth-order valence-electron chi connectivity index (χ4n) is 0.553. The largest absolute Gasteiger partial charge is 0.330 e. The van der Waals surface area contributed by atoms with Gasteiger partial charge in [-0.05, 0) is 0 Å². The molecule has 1 amide bonds. The zero-order chi connectivity index (χ0) is 8.10. The van der Waals surface area contributed by atoms with Crippen molar-refractivity contribution < 1.29 is 4.79 Å². The van der Waals surface area contributed by atoms with Crippen LogP contribution in [0.1, 0.15) is 6.42 Å². The summed E-state index contributed by atoms with van der Waals surface area (Å²) in [7, 11) is 0. The van der Waals surface area contributed by atoms with E-state index in [2.05, 4.69) is 14.9 Å². The Morgan fingerprint density at radius 3 is 3.18 bits per heavy atom. The number of nitrogens with zero attached hydrogens (tertiary/aromatic N) is 2. The molecule has 0 saturated heterocycles. The van der Waals surface area contributed by atoms with Crippen LogP contribution in [0.25, 0.3) is 0 Å². The summed E-state index contributed by atoms with van der Waals surface area (Å²) in [5.74, 6) is -0.0986. The van der Waals surface area contributed by atoms with Crippen molar-refractivity contribution in [2.75, 3.05) is 11.9 Å². The normalized spacial score (nSPS) is 9.55. The average Bonchev–Trinajstić information content (AvgIpc) is 2.40. The van der Waals surface area contributed by atoms with E-state index in [1.165, 1.54) is 6.20 Å². The van der Waals surface area contributed by atoms with Gasteiger partial charge in [0.25, 0.3) is 0 Å². The van der Waals surface area contributed by atoms with Crippen LogP contribution < -0.4 is 11.1 Å². The maximum atomic E-state index is 10.9. The van der Waals surface area contributed by atoms with Crippen LogP contribution in [0, 0.1) is 0 Å². The first-order valence-electron chi connectivity index (χ1n) is 3.10. The number of rotatable bonds is 3. The average molecular weight is 172 g/mol. The van der Waals surface area contributed by atoms with Gasteiger partial charge in [0.05, 0.1) is 6.20 Å². The summed E-state index contributed by atoms with van der Waals surface area (Å²) in [4.78, 5) is 10.9. The Hall–Kier alpha value is -1.01. The molecule has 0 spiro atoms. The highest BCUT2D eigenvalue weighted by Crippen LogP contribution is 2.08. The Labute approximate surface area is 67.8 Å². The van der Waals surface area contributed by atoms with E-state index in [4.69, 9.17) is 5.73 Å². The summed E-state index contributed by atoms with van der Waals surface area (Å²) >= 11 is 1.14. The lowest BCUT2D eigenvalue weighted by Crippen LogP contribution is -2.15. The highest BCUT2D eigenvalue weighted by atomic mass is 32.1. The van der Waals surface area contributed by atoms with E-state index >= 15 is 0 Å². The van der Waals surface area contributed by atoms with Gasteiger partial charge in [0.2, 0.25) is 5.91 Å². The maximum Gasteiger partial charge on any atom is 0.226 e. The molecule has 0 aromatic carbocycles. The fourth-order valence-corrected chi connectivity index (χ4v) is 0.989. The Bertz CT molecular complexity index is 222. The van der Waals surface area contributed by atoms with Gasteiger partial charge in [-0.25, -0.2) is 0 Å². The molecule has 1 aromatic rings. The number of nitrogens with two attached hydrogens (primary N) is 1. The van der Waals surface area contributed by atoms with Crippen molar-refractivity contribution in [1.82, 2.24) is 9.59 Å². The van der Waals surface area contributed by atoms with E-state index in [9.17, 15) is 4.79 Å². The topological polar surface area (TPSA) is 80.9 Å². The van der Waals surface area contributed by atoms with Crippen LogP contribution in [-0.2, 0) is 4.79 Å². The zero-order valence-electron chi connectivity index (χ0n) is 5.78. The molecular weight excluding hydrogens is 164 g/mol. The van der Waals surface area contributed by atoms with Gasteiger partial charge >= 0.3 is 0 Å². The summed E-state index contributed by atoms with van der Waals surface area (Å²) in [6.45, 7) is 0.359. The summed E-state index contributed by atoms with van der Waals surface area (Å²) < 4.78 is 3.58. The molecule has 0 unspecified atom stereocenters. The van der Waals surface area contributed by atoms with Gasteiger partial charge in [-0.2, -0.15) is 0 Å². The molecule has 0 aliphatic heterocycles. The van der Waals surface area contributed by atoms with Crippen molar-refractivity contribution in [3.8, 4) is 0 Å². The van der Waals surface area contributed by atoms with E-state index in [0.29, 0.717) is 18.0 Å². The number of hydrogen-bond donors (Lipinski definition) is 2. The Kier molecular flexibility index (Phi) is 2.94. The van der Waals surface area contributed by atoms with Gasteiger partial charge in [-0.15, -0.1) is 5.10 Å². The Morgan fingerprint density at radius 2 is 2.64 bits per heavy atom. The number of aromatic nitrogens is 2. The minimum atomic E-state index is -0.0986. The van der Waals surface area contributed by atoms with Crippen LogP contribution in [0.15, 0.2) is 6.20 Å². The van der Waals surface area contributed by atoms with Crippen LogP contribution in [0.2, 0.25) is 0 Å². The summed E-state index contributed by atoms with van der Waals surface area (Å²) in [6, 6.07) is 0. The van der Waals surface area contributed by atoms with Gasteiger partial charge in [0.1, 0.15) is 5.00 Å². The van der Waals surface area contributed by atoms with E-state index in [0.717, 1.165) is 11.5 Å². The SMILES string of the molecule is NCCC(=O)Nc1cnns1. The van der Waals surface area contributed by atoms with Crippen molar-refractivity contribution >= 4 is 22.4 Å². The molecule has 0 aliphatic carbocycles. The first-order valence-corrected chi connectivity index (χ1v) is 3.87. The molecule has 1 aromatic heterocycles. The van der Waals surface area contributed by atoms with Crippen LogP contribution in [0.5, 0.6) is 0 Å². The molecule has 60 valence electrons. The monoisotopic (exact) mass is 172 g/mol. The van der Waals surface area contributed by atoms with E-state index in [1.54, 1.807) is 0 Å². The van der Waals surface area contributed by atoms with Crippen molar-refractivity contribution in [3.05, 3.63) is 6.20 Å². The second-order valence-electron chi connectivity index (χ2n) is 1.87. The van der Waals surface area contributed by atoms with Gasteiger partial charge in [0, 0.05) is 24.5 Å². The standard InChI is InChI=1S/C5H8N4OS/c6-2-1-4(10)8-5-3-7-9-11-5/h3H,1-2,6H2,(H,8,10). The van der Waals surface area contributed by atoms with Crippen molar-refractivity contribution in [2.45, 2.75) is 6.42 Å². The summed E-state index contributed by atoms with van der Waals surface area (Å²) in [6.07, 6.45) is 1.83. The minimum absolute atomic E-state index is 0.0986. The highest BCUT2D eigenvalue weighted by Gasteiger charge is 2.01. The number of hydrogen-bond acceptors (Lipinski definition) is 5. The minimum Gasteiger partial charge on any atom is -0.330 e. The number of anilines is 1. The van der Waals surface area contributed by atoms with Crippen LogP contribution in [-0.4, -0.2) is 22.0 Å². The Morgan fingerprint density at radius 1 is 1.82 bits per heavy atom. The van der Waals surface area contributed by atoms with Crippen LogP contribution >= 0.6 is 11.5 Å². The summed E-state index contributed by atoms with van der Waals surface area (Å²) in [5, 5.41) is 6.81. The number of amides is 1. The maximum absolute atomic E-state index is 10.9. The van der Waals surface area contributed by atoms with Crippen LogP contribution in [0.3, 0.4) is 0 Å². The molecule has 5 nitrogen and oxygen atoms in total. The molecule has 0 aliphatic rings. The molecule has 6 heteroatoms. The van der Waals surface area contributed by atoms with Gasteiger partial charge in [0.15, 0.2) is 0 Å². The third-order valence-corrected chi connectivity index (χ3v) is 1.58. The first kappa shape index (κ1) is 8.09. The van der Waals surface area contributed by atoms with Crippen LogP contribution in [0.4, 0.5) is 5.00 Å². The molecule has 1 rings (SSSR count). The summed E-state index contributed by atoms with van der Waals surface area (Å²) in [5.41, 5.74) is 5.17. The predicted octanol–water partition coefficient (Wildman–Crippen LogP) is -0.175. The third-order valence-electron chi connectivity index (χ3n) is 0.995. The second kappa shape index (κ2) is 3.99. The predicted molar refractivity (Wildman–Crippen MR) is 42.2 cm³/mol. The number of carbonyl (C=O) groups is 1. The van der Waals surface area contributed by atoms with Gasteiger partial charge in [-0.3, -0.25) is 4.79 Å². The van der Waals surface area contributed by atoms with Crippen molar-refractivity contribution in [1.29, 1.82) is 0 Å². The van der Waals surface area contributed by atoms with E-state index < -0.39 is 0 Å². The lowest BCUT2D eigenvalue weighted by Gasteiger charge is -1.96. The Balaban J connectivity index is 2.37. The number of carbonyl (C=O) groups excluding carboxylic acids is 1. The van der Waals surface area contributed by atoms with E-state index in [1.807, 2.05) is 0 Å². The smallest absolute Gasteiger partial charge is 0.226 e. The highest BCUT2D eigenvalue weighted by molar-refractivity contribution is 7.10. The number of nitrogens with one attached hydrogen (secondary N) is 1. The molecule has 0 fully saturated rings. The molecule has 3 N–H and O–H groups in total. The third kappa shape index (κ3) is 2.60. The molecule has 0 saturated carbocycles. The zero-order valence-corrected chi connectivity index (χ0v) is 6.60. The second-order valence-corrected chi connectivity index (χ2v) is 2.65. The molecule has 1 heterocycles. The molecular formula is C5H8N4OS. The lowest BCUT2D eigenvalue weighted by atomic mass is 10.4. The molecule has 11 heavy (non-hydrogen) atoms. The molecule has 0 radical (unpaired) electrons. The lowest BCUT2D eigenvalue weighted by molar-refractivity contribution is -0.116. The molecule has 0 bridgehead atoms. The molecule has 0 atom stereocenters. The van der Waals surface area contributed by atoms with E-state index in [-0.39, 0.29) is 5.91 Å². The van der Waals surface area contributed by atoms with Crippen molar-refractivity contribution in [3.63, 3.8) is 0 Å². The fraction of sp³-hybridized carbons (Fsp3) is 0.400. The van der Waals surface area contributed by atoms with Gasteiger partial charge in [-0.1, -0.05) is 4.49 Å².